The van der Waals surface area contributed by atoms with Crippen molar-refractivity contribution in [1.82, 2.24) is 0 Å². The summed E-state index contributed by atoms with van der Waals surface area (Å²) in [5.74, 6) is -3.93. The number of unbranched alkanes of at least 4 members (excludes halogenated alkanes) is 12. The van der Waals surface area contributed by atoms with Gasteiger partial charge in [-0.1, -0.05) is 90.4 Å². The van der Waals surface area contributed by atoms with Crippen molar-refractivity contribution in [2.45, 2.75) is 166 Å². The summed E-state index contributed by atoms with van der Waals surface area (Å²) < 4.78 is 22.2. The third kappa shape index (κ3) is 18.2. The molecule has 1 unspecified atom stereocenters. The fraction of sp³-hybridized carbons (Fsp3) is 0.871. The number of rotatable bonds is 25. The third-order valence-electron chi connectivity index (χ3n) is 7.53. The Hall–Kier alpha value is -2.28. The van der Waals surface area contributed by atoms with Crippen LogP contribution in [0.2, 0.25) is 0 Å². The van der Waals surface area contributed by atoms with E-state index in [-0.39, 0.29) is 19.1 Å². The van der Waals surface area contributed by atoms with Crippen LogP contribution in [0.25, 0.3) is 0 Å². The average Bonchev–Trinajstić information content (AvgIpc) is 2.93. The maximum Gasteiger partial charge on any atom is 0.317 e. The highest BCUT2D eigenvalue weighted by Gasteiger charge is 2.48. The van der Waals surface area contributed by atoms with Gasteiger partial charge in [0, 0.05) is 13.3 Å². The highest BCUT2D eigenvalue weighted by Crippen LogP contribution is 2.28. The second kappa shape index (κ2) is 23.1. The molecule has 0 bridgehead atoms. The molecule has 0 spiro atoms. The van der Waals surface area contributed by atoms with Gasteiger partial charge in [0.25, 0.3) is 0 Å². The quantitative estimate of drug-likeness (QED) is 0.0638. The Balaban J connectivity index is 2.80. The molecule has 1 aliphatic rings. The molecule has 250 valence electrons. The predicted molar refractivity (Wildman–Crippen MR) is 156 cm³/mol. The van der Waals surface area contributed by atoms with Gasteiger partial charge in [0.2, 0.25) is 0 Å². The van der Waals surface area contributed by atoms with E-state index in [1.54, 1.807) is 0 Å². The number of aliphatic hydroxyl groups excluding tert-OH is 2. The minimum absolute atomic E-state index is 0.199. The number of aliphatic carboxylic acids is 2. The minimum atomic E-state index is -1.59. The van der Waals surface area contributed by atoms with Crippen molar-refractivity contribution < 1.29 is 58.6 Å². The SMILES string of the molecule is CCCCCCCCCC(CCCCCCCCCC(=O)O)O[C@H]1O[C@@H](COC(C)=O)[C@H](O)[C@@H](OC(=O)CC(=O)O)[C@@H]1O. The summed E-state index contributed by atoms with van der Waals surface area (Å²) in [6, 6.07) is 0. The number of carbonyl (C=O) groups excluding carboxylic acids is 2. The van der Waals surface area contributed by atoms with E-state index in [4.69, 9.17) is 29.2 Å². The topological polar surface area (TPSA) is 186 Å². The zero-order valence-corrected chi connectivity index (χ0v) is 26.0. The zero-order chi connectivity index (χ0) is 32.0. The second-order valence-electron chi connectivity index (χ2n) is 11.4. The fourth-order valence-electron chi connectivity index (χ4n) is 5.14. The lowest BCUT2D eigenvalue weighted by atomic mass is 9.98. The van der Waals surface area contributed by atoms with Crippen molar-refractivity contribution in [1.29, 1.82) is 0 Å². The molecule has 6 atom stereocenters. The number of esters is 2. The van der Waals surface area contributed by atoms with Gasteiger partial charge in [-0.3, -0.25) is 19.2 Å². The maximum absolute atomic E-state index is 12.1. The summed E-state index contributed by atoms with van der Waals surface area (Å²) in [7, 11) is 0. The number of hydrogen-bond acceptors (Lipinski definition) is 10. The summed E-state index contributed by atoms with van der Waals surface area (Å²) in [4.78, 5) is 45.1. The molecule has 0 saturated carbocycles. The van der Waals surface area contributed by atoms with Gasteiger partial charge in [-0.25, -0.2) is 0 Å². The van der Waals surface area contributed by atoms with Gasteiger partial charge in [0.1, 0.15) is 31.3 Å². The summed E-state index contributed by atoms with van der Waals surface area (Å²) in [6.45, 7) is 3.00. The minimum Gasteiger partial charge on any atom is -0.481 e. The number of carboxylic acids is 2. The second-order valence-corrected chi connectivity index (χ2v) is 11.4. The van der Waals surface area contributed by atoms with Crippen molar-refractivity contribution in [2.75, 3.05) is 6.61 Å². The molecule has 12 heteroatoms. The molecular formula is C31H54O12. The Morgan fingerprint density at radius 2 is 1.28 bits per heavy atom. The number of carboxylic acid groups (broad SMARTS) is 2. The van der Waals surface area contributed by atoms with Crippen LogP contribution >= 0.6 is 0 Å². The lowest BCUT2D eigenvalue weighted by molar-refractivity contribution is -0.314. The zero-order valence-electron chi connectivity index (χ0n) is 26.0. The van der Waals surface area contributed by atoms with Crippen LogP contribution in [0.1, 0.15) is 129 Å². The van der Waals surface area contributed by atoms with Crippen LogP contribution in [-0.4, -0.2) is 87.7 Å². The van der Waals surface area contributed by atoms with Crippen LogP contribution in [0.4, 0.5) is 0 Å². The van der Waals surface area contributed by atoms with Crippen LogP contribution in [0.5, 0.6) is 0 Å². The van der Waals surface area contributed by atoms with Crippen LogP contribution in [0, 0.1) is 0 Å². The van der Waals surface area contributed by atoms with E-state index < -0.39 is 61.0 Å². The fourth-order valence-corrected chi connectivity index (χ4v) is 5.14. The normalized spacial score (nSPS) is 22.6. The Kier molecular flexibility index (Phi) is 20.9. The maximum atomic E-state index is 12.1. The molecule has 12 nitrogen and oxygen atoms in total. The van der Waals surface area contributed by atoms with E-state index in [9.17, 15) is 29.4 Å². The summed E-state index contributed by atoms with van der Waals surface area (Å²) in [6.07, 6.45) is 7.52. The van der Waals surface area contributed by atoms with Crippen LogP contribution < -0.4 is 0 Å². The molecule has 1 aliphatic heterocycles. The first-order valence-electron chi connectivity index (χ1n) is 16.0. The molecule has 0 aromatic heterocycles. The molecule has 43 heavy (non-hydrogen) atoms. The lowest BCUT2D eigenvalue weighted by Crippen LogP contribution is -2.61. The smallest absolute Gasteiger partial charge is 0.317 e. The van der Waals surface area contributed by atoms with Gasteiger partial charge < -0.3 is 39.4 Å². The predicted octanol–water partition coefficient (Wildman–Crippen LogP) is 4.50. The third-order valence-corrected chi connectivity index (χ3v) is 7.53. The summed E-state index contributed by atoms with van der Waals surface area (Å²) >= 11 is 0. The van der Waals surface area contributed by atoms with Gasteiger partial charge in [-0.15, -0.1) is 0 Å². The van der Waals surface area contributed by atoms with E-state index in [1.807, 2.05) is 0 Å². The van der Waals surface area contributed by atoms with E-state index in [2.05, 4.69) is 6.92 Å². The standard InChI is InChI=1S/C31H54O12/c1-3-4-5-6-8-11-14-17-23(18-15-12-9-7-10-13-16-19-25(33)34)41-31-29(39)30(43-27(37)20-26(35)36)28(38)24(42-31)21-40-22(2)32/h23-24,28-31,38-39H,3-21H2,1-2H3,(H,33,34)(H,35,36)/t23?,24-,28-,29-,30+,31-/m0/s1. The number of carbonyl (C=O) groups is 4. The first kappa shape index (κ1) is 38.7. The molecule has 0 aliphatic carbocycles. The largest absolute Gasteiger partial charge is 0.481 e. The molecule has 1 fully saturated rings. The Morgan fingerprint density at radius 3 is 1.79 bits per heavy atom. The van der Waals surface area contributed by atoms with Gasteiger partial charge in [-0.2, -0.15) is 0 Å². The van der Waals surface area contributed by atoms with Crippen molar-refractivity contribution in [2.24, 2.45) is 0 Å². The Morgan fingerprint density at radius 1 is 0.744 bits per heavy atom. The van der Waals surface area contributed by atoms with Crippen molar-refractivity contribution in [3.05, 3.63) is 0 Å². The number of hydrogen-bond donors (Lipinski definition) is 4. The van der Waals surface area contributed by atoms with Crippen molar-refractivity contribution in [3.63, 3.8) is 0 Å². The van der Waals surface area contributed by atoms with Crippen molar-refractivity contribution >= 4 is 23.9 Å². The highest BCUT2D eigenvalue weighted by molar-refractivity contribution is 5.90. The number of ether oxygens (including phenoxy) is 4. The van der Waals surface area contributed by atoms with E-state index in [0.29, 0.717) is 12.8 Å². The first-order valence-corrected chi connectivity index (χ1v) is 16.0. The Bertz CT molecular complexity index is 804. The number of aliphatic hydroxyl groups is 2. The van der Waals surface area contributed by atoms with Crippen LogP contribution in [-0.2, 0) is 38.1 Å². The van der Waals surface area contributed by atoms with E-state index in [1.165, 1.54) is 32.6 Å². The molecule has 1 rings (SSSR count). The van der Waals surface area contributed by atoms with Gasteiger partial charge in [0.15, 0.2) is 12.4 Å². The van der Waals surface area contributed by atoms with Gasteiger partial charge in [0.05, 0.1) is 6.10 Å². The summed E-state index contributed by atoms with van der Waals surface area (Å²) in [5, 5.41) is 39.4. The molecular weight excluding hydrogens is 564 g/mol. The van der Waals surface area contributed by atoms with Crippen LogP contribution in [0.15, 0.2) is 0 Å². The van der Waals surface area contributed by atoms with Crippen molar-refractivity contribution in [3.8, 4) is 0 Å². The Labute approximate surface area is 255 Å². The highest BCUT2D eigenvalue weighted by atomic mass is 16.7. The van der Waals surface area contributed by atoms with Gasteiger partial charge >= 0.3 is 23.9 Å². The molecule has 4 N–H and O–H groups in total. The molecule has 1 heterocycles. The molecule has 0 amide bonds. The van der Waals surface area contributed by atoms with E-state index in [0.717, 1.165) is 64.2 Å². The molecule has 0 aromatic carbocycles. The summed E-state index contributed by atoms with van der Waals surface area (Å²) in [5.41, 5.74) is 0. The monoisotopic (exact) mass is 618 g/mol. The molecule has 1 saturated heterocycles. The molecule has 0 aromatic rings. The lowest BCUT2D eigenvalue weighted by Gasteiger charge is -2.42. The van der Waals surface area contributed by atoms with E-state index >= 15 is 0 Å². The van der Waals surface area contributed by atoms with Gasteiger partial charge in [-0.05, 0) is 19.3 Å². The average molecular weight is 619 g/mol. The first-order chi connectivity index (χ1) is 20.5. The molecule has 0 radical (unpaired) electrons. The van der Waals surface area contributed by atoms with Crippen LogP contribution in [0.3, 0.4) is 0 Å².